The Bertz CT molecular complexity index is 628. The van der Waals surface area contributed by atoms with Crippen LogP contribution in [0.2, 0.25) is 0 Å². The Morgan fingerprint density at radius 2 is 2.19 bits per heavy atom. The summed E-state index contributed by atoms with van der Waals surface area (Å²) < 4.78 is 5.27. The van der Waals surface area contributed by atoms with E-state index in [1.165, 1.54) is 23.2 Å². The second-order valence-corrected chi connectivity index (χ2v) is 5.15. The van der Waals surface area contributed by atoms with Crippen LogP contribution in [0.5, 0.6) is 0 Å². The molecule has 0 atom stereocenters. The van der Waals surface area contributed by atoms with Crippen LogP contribution in [0.1, 0.15) is 16.1 Å². The number of hydrogen-bond acceptors (Lipinski definition) is 5. The quantitative estimate of drug-likeness (QED) is 0.472. The van der Waals surface area contributed by atoms with E-state index in [2.05, 4.69) is 0 Å². The van der Waals surface area contributed by atoms with Crippen molar-refractivity contribution in [2.45, 2.75) is 6.54 Å². The van der Waals surface area contributed by atoms with Gasteiger partial charge in [-0.25, -0.2) is 4.79 Å². The van der Waals surface area contributed by atoms with Crippen LogP contribution in [0.3, 0.4) is 0 Å². The van der Waals surface area contributed by atoms with Gasteiger partial charge in [0.1, 0.15) is 0 Å². The standard InChI is InChI=1S/C14H14N2O4S/c1-15(8-11-5-7-21-10-11)13(17)9-20-14(18)12-4-2-3-6-16(12)19/h2-7,10H,8-9H2,1H3. The molecule has 0 saturated carbocycles. The van der Waals surface area contributed by atoms with Crippen LogP contribution in [0, 0.1) is 5.21 Å². The van der Waals surface area contributed by atoms with Gasteiger partial charge in [-0.15, -0.1) is 0 Å². The second kappa shape index (κ2) is 6.85. The molecule has 1 amide bonds. The Balaban J connectivity index is 1.86. The third kappa shape index (κ3) is 4.03. The fourth-order valence-electron chi connectivity index (χ4n) is 1.64. The number of carbonyl (C=O) groups excluding carboxylic acids is 2. The van der Waals surface area contributed by atoms with E-state index in [4.69, 9.17) is 4.74 Å². The Kier molecular flexibility index (Phi) is 4.89. The molecule has 0 N–H and O–H groups in total. The highest BCUT2D eigenvalue weighted by Crippen LogP contribution is 2.08. The lowest BCUT2D eigenvalue weighted by atomic mass is 10.3. The molecule has 110 valence electrons. The first-order valence-corrected chi connectivity index (χ1v) is 7.12. The van der Waals surface area contributed by atoms with Crippen molar-refractivity contribution >= 4 is 23.2 Å². The maximum atomic E-state index is 11.9. The lowest BCUT2D eigenvalue weighted by Gasteiger charge is -2.16. The Morgan fingerprint density at radius 1 is 1.38 bits per heavy atom. The zero-order chi connectivity index (χ0) is 15.2. The first kappa shape index (κ1) is 15.0. The summed E-state index contributed by atoms with van der Waals surface area (Å²) in [5, 5.41) is 15.2. The summed E-state index contributed by atoms with van der Waals surface area (Å²) in [6.07, 6.45) is 1.20. The van der Waals surface area contributed by atoms with Crippen molar-refractivity contribution < 1.29 is 19.1 Å². The van der Waals surface area contributed by atoms with Crippen molar-refractivity contribution in [2.24, 2.45) is 0 Å². The molecular weight excluding hydrogens is 292 g/mol. The largest absolute Gasteiger partial charge is 0.618 e. The van der Waals surface area contributed by atoms with Crippen molar-refractivity contribution in [3.8, 4) is 0 Å². The van der Waals surface area contributed by atoms with Gasteiger partial charge in [0.2, 0.25) is 0 Å². The lowest BCUT2D eigenvalue weighted by molar-refractivity contribution is -0.608. The van der Waals surface area contributed by atoms with Crippen molar-refractivity contribution in [1.82, 2.24) is 4.90 Å². The number of esters is 1. The van der Waals surface area contributed by atoms with Crippen LogP contribution in [-0.2, 0) is 16.1 Å². The highest BCUT2D eigenvalue weighted by molar-refractivity contribution is 7.07. The number of aromatic nitrogens is 1. The van der Waals surface area contributed by atoms with Gasteiger partial charge in [-0.3, -0.25) is 4.79 Å². The van der Waals surface area contributed by atoms with Crippen molar-refractivity contribution in [1.29, 1.82) is 0 Å². The second-order valence-electron chi connectivity index (χ2n) is 4.37. The maximum absolute atomic E-state index is 11.9. The molecule has 0 aromatic carbocycles. The number of likely N-dealkylation sites (N-methyl/N-ethyl adjacent to an activating group) is 1. The average molecular weight is 306 g/mol. The highest BCUT2D eigenvalue weighted by atomic mass is 32.1. The minimum atomic E-state index is -0.817. The molecule has 0 aliphatic rings. The molecule has 0 spiro atoms. The monoisotopic (exact) mass is 306 g/mol. The van der Waals surface area contributed by atoms with E-state index >= 15 is 0 Å². The summed E-state index contributed by atoms with van der Waals surface area (Å²) in [6, 6.07) is 6.32. The van der Waals surface area contributed by atoms with Crippen LogP contribution < -0.4 is 4.73 Å². The molecule has 2 aromatic heterocycles. The average Bonchev–Trinajstić information content (AvgIpc) is 2.97. The third-order valence-electron chi connectivity index (χ3n) is 2.79. The Labute approximate surface area is 125 Å². The number of pyridine rings is 1. The fraction of sp³-hybridized carbons (Fsp3) is 0.214. The lowest BCUT2D eigenvalue weighted by Crippen LogP contribution is -2.36. The zero-order valence-corrected chi connectivity index (χ0v) is 12.2. The summed E-state index contributed by atoms with van der Waals surface area (Å²) in [4.78, 5) is 25.0. The number of thiophene rings is 1. The van der Waals surface area contributed by atoms with E-state index in [1.807, 2.05) is 16.8 Å². The zero-order valence-electron chi connectivity index (χ0n) is 11.4. The molecule has 0 aliphatic carbocycles. The molecule has 0 aliphatic heterocycles. The van der Waals surface area contributed by atoms with E-state index in [0.29, 0.717) is 11.3 Å². The Hall–Kier alpha value is -2.41. The fourth-order valence-corrected chi connectivity index (χ4v) is 2.30. The first-order chi connectivity index (χ1) is 10.1. The van der Waals surface area contributed by atoms with Gasteiger partial charge in [0.15, 0.2) is 12.8 Å². The van der Waals surface area contributed by atoms with Gasteiger partial charge in [0, 0.05) is 25.7 Å². The van der Waals surface area contributed by atoms with Gasteiger partial charge >= 0.3 is 11.7 Å². The molecule has 2 heterocycles. The molecule has 7 heteroatoms. The first-order valence-electron chi connectivity index (χ1n) is 6.18. The van der Waals surface area contributed by atoms with Gasteiger partial charge in [-0.2, -0.15) is 16.1 Å². The predicted molar refractivity (Wildman–Crippen MR) is 76.5 cm³/mol. The van der Waals surface area contributed by atoms with E-state index in [0.717, 1.165) is 5.56 Å². The van der Waals surface area contributed by atoms with Crippen LogP contribution in [0.25, 0.3) is 0 Å². The number of carbonyl (C=O) groups is 2. The van der Waals surface area contributed by atoms with Crippen molar-refractivity contribution in [3.05, 3.63) is 57.7 Å². The van der Waals surface area contributed by atoms with Gasteiger partial charge in [0.05, 0.1) is 0 Å². The topological polar surface area (TPSA) is 73.5 Å². The molecule has 2 aromatic rings. The van der Waals surface area contributed by atoms with E-state index in [1.54, 1.807) is 24.5 Å². The van der Waals surface area contributed by atoms with Gasteiger partial charge in [-0.1, -0.05) is 0 Å². The molecule has 0 radical (unpaired) electrons. The minimum absolute atomic E-state index is 0.147. The summed E-state index contributed by atoms with van der Waals surface area (Å²) in [6.45, 7) is 0.0567. The van der Waals surface area contributed by atoms with Gasteiger partial charge < -0.3 is 14.8 Å². The van der Waals surface area contributed by atoms with Crippen molar-refractivity contribution in [3.63, 3.8) is 0 Å². The highest BCUT2D eigenvalue weighted by Gasteiger charge is 2.19. The molecule has 0 saturated heterocycles. The number of nitrogens with zero attached hydrogens (tertiary/aromatic N) is 2. The maximum Gasteiger partial charge on any atom is 0.405 e. The molecule has 0 unspecified atom stereocenters. The Morgan fingerprint density at radius 3 is 2.86 bits per heavy atom. The van der Waals surface area contributed by atoms with Crippen LogP contribution in [0.4, 0.5) is 0 Å². The molecule has 6 nitrogen and oxygen atoms in total. The third-order valence-corrected chi connectivity index (χ3v) is 3.52. The van der Waals surface area contributed by atoms with Crippen LogP contribution in [0.15, 0.2) is 41.2 Å². The minimum Gasteiger partial charge on any atom is -0.618 e. The van der Waals surface area contributed by atoms with Crippen LogP contribution >= 0.6 is 11.3 Å². The van der Waals surface area contributed by atoms with Gasteiger partial charge in [-0.05, 0) is 28.5 Å². The van der Waals surface area contributed by atoms with E-state index in [-0.39, 0.29) is 11.6 Å². The normalized spacial score (nSPS) is 10.1. The van der Waals surface area contributed by atoms with Gasteiger partial charge in [0.25, 0.3) is 5.91 Å². The number of amides is 1. The molecular formula is C14H14N2O4S. The SMILES string of the molecule is CN(Cc1ccsc1)C(=O)COC(=O)c1cccc[n+]1[O-]. The molecule has 0 bridgehead atoms. The molecule has 21 heavy (non-hydrogen) atoms. The summed E-state index contributed by atoms with van der Waals surface area (Å²) in [5.41, 5.74) is 0.869. The smallest absolute Gasteiger partial charge is 0.405 e. The van der Waals surface area contributed by atoms with Crippen LogP contribution in [-0.4, -0.2) is 30.4 Å². The molecule has 2 rings (SSSR count). The number of ether oxygens (including phenoxy) is 1. The molecule has 0 fully saturated rings. The van der Waals surface area contributed by atoms with E-state index in [9.17, 15) is 14.8 Å². The predicted octanol–water partition coefficient (Wildman–Crippen LogP) is 1.20. The van der Waals surface area contributed by atoms with E-state index < -0.39 is 12.6 Å². The summed E-state index contributed by atoms with van der Waals surface area (Å²) >= 11 is 1.55. The summed E-state index contributed by atoms with van der Waals surface area (Å²) in [5.74, 6) is -1.15. The van der Waals surface area contributed by atoms with Crippen molar-refractivity contribution in [2.75, 3.05) is 13.7 Å². The number of rotatable bonds is 5. The summed E-state index contributed by atoms with van der Waals surface area (Å²) in [7, 11) is 1.63. The number of hydrogen-bond donors (Lipinski definition) is 0.